The lowest BCUT2D eigenvalue weighted by Crippen LogP contribution is -2.32. The van der Waals surface area contributed by atoms with Crippen molar-refractivity contribution in [2.75, 3.05) is 41.5 Å². The number of hydrogen-bond donors (Lipinski definition) is 0. The molecule has 0 fully saturated rings. The summed E-state index contributed by atoms with van der Waals surface area (Å²) in [5, 5.41) is 0.887. The number of ketones is 2. The van der Waals surface area contributed by atoms with E-state index in [1.54, 1.807) is 39.7 Å². The average molecular weight is 645 g/mol. The van der Waals surface area contributed by atoms with Crippen LogP contribution in [0.3, 0.4) is 0 Å². The van der Waals surface area contributed by atoms with Crippen LogP contribution in [0.4, 0.5) is 0 Å². The Bertz CT molecular complexity index is 1950. The van der Waals surface area contributed by atoms with Crippen molar-refractivity contribution >= 4 is 22.5 Å². The third kappa shape index (κ3) is 7.19. The van der Waals surface area contributed by atoms with E-state index in [1.165, 1.54) is 23.8 Å². The number of carbonyl (C=O) groups excluding carboxylic acids is 2. The monoisotopic (exact) mass is 644 g/mol. The SMILES string of the molecule is COc1cc2c(cc1OC)CN(CCc1ccc(CC(=O)c3cc(OC)c(OC)cc3CC(=O)c3cnc4ccccc4c3)cc1)CC2. The number of rotatable bonds is 13. The second kappa shape index (κ2) is 14.7. The van der Waals surface area contributed by atoms with E-state index in [2.05, 4.69) is 34.1 Å². The van der Waals surface area contributed by atoms with E-state index in [4.69, 9.17) is 18.9 Å². The molecule has 246 valence electrons. The Hall–Kier alpha value is -5.21. The van der Waals surface area contributed by atoms with Gasteiger partial charge < -0.3 is 18.9 Å². The quantitative estimate of drug-likeness (QED) is 0.131. The molecule has 6 rings (SSSR count). The summed E-state index contributed by atoms with van der Waals surface area (Å²) >= 11 is 0. The van der Waals surface area contributed by atoms with Crippen molar-refractivity contribution in [3.8, 4) is 23.0 Å². The van der Waals surface area contributed by atoms with Crippen LogP contribution in [0.2, 0.25) is 0 Å². The van der Waals surface area contributed by atoms with E-state index < -0.39 is 0 Å². The average Bonchev–Trinajstić information content (AvgIpc) is 3.13. The molecular formula is C40H40N2O6. The number of Topliss-reactive ketones (excluding diaryl/α,β-unsaturated/α-hetero) is 2. The molecule has 0 bridgehead atoms. The van der Waals surface area contributed by atoms with Gasteiger partial charge in [-0.3, -0.25) is 19.5 Å². The zero-order valence-corrected chi connectivity index (χ0v) is 27.9. The van der Waals surface area contributed by atoms with Gasteiger partial charge in [0.15, 0.2) is 34.6 Å². The summed E-state index contributed by atoms with van der Waals surface area (Å²) in [5.41, 5.74) is 7.05. The number of carbonyl (C=O) groups is 2. The lowest BCUT2D eigenvalue weighted by Gasteiger charge is -2.29. The number of ether oxygens (including phenoxy) is 4. The van der Waals surface area contributed by atoms with Crippen LogP contribution in [0, 0.1) is 0 Å². The largest absolute Gasteiger partial charge is 0.493 e. The topological polar surface area (TPSA) is 87.2 Å². The molecule has 0 unspecified atom stereocenters. The summed E-state index contributed by atoms with van der Waals surface area (Å²) in [4.78, 5) is 34.1. The van der Waals surface area contributed by atoms with E-state index in [-0.39, 0.29) is 24.4 Å². The molecule has 0 atom stereocenters. The smallest absolute Gasteiger partial charge is 0.168 e. The molecule has 0 aliphatic carbocycles. The van der Waals surface area contributed by atoms with Gasteiger partial charge in [0.1, 0.15) is 0 Å². The van der Waals surface area contributed by atoms with Crippen molar-refractivity contribution in [3.63, 3.8) is 0 Å². The predicted octanol–water partition coefficient (Wildman–Crippen LogP) is 6.72. The summed E-state index contributed by atoms with van der Waals surface area (Å²) < 4.78 is 22.0. The zero-order chi connectivity index (χ0) is 33.6. The molecule has 0 saturated heterocycles. The number of aromatic nitrogens is 1. The van der Waals surface area contributed by atoms with Crippen LogP contribution in [-0.4, -0.2) is 63.0 Å². The lowest BCUT2D eigenvalue weighted by molar-refractivity contribution is 0.0988. The Morgan fingerprint density at radius 2 is 1.35 bits per heavy atom. The number of benzene rings is 4. The normalized spacial score (nSPS) is 12.8. The van der Waals surface area contributed by atoms with Crippen molar-refractivity contribution in [1.29, 1.82) is 0 Å². The van der Waals surface area contributed by atoms with Crippen LogP contribution >= 0.6 is 0 Å². The Kier molecular flexibility index (Phi) is 10.0. The van der Waals surface area contributed by atoms with Crippen LogP contribution < -0.4 is 18.9 Å². The van der Waals surface area contributed by atoms with Crippen LogP contribution in [0.1, 0.15) is 48.5 Å². The van der Waals surface area contributed by atoms with E-state index in [0.717, 1.165) is 60.4 Å². The fourth-order valence-corrected chi connectivity index (χ4v) is 6.35. The number of fused-ring (bicyclic) bond motifs is 2. The molecular weight excluding hydrogens is 604 g/mol. The Morgan fingerprint density at radius 1 is 0.708 bits per heavy atom. The molecule has 5 aromatic rings. The molecule has 4 aromatic carbocycles. The molecule has 1 aliphatic rings. The fourth-order valence-electron chi connectivity index (χ4n) is 6.35. The highest BCUT2D eigenvalue weighted by molar-refractivity contribution is 6.04. The number of methoxy groups -OCH3 is 4. The standard InChI is InChI=1S/C40H40N2O6/c1-45-37-20-28-14-16-42(25-32(28)22-39(37)47-3)15-13-26-9-11-27(12-10-26)17-36(44)33-23-40(48-4)38(46-2)21-30(33)19-35(43)31-18-29-7-5-6-8-34(29)41-24-31/h5-12,18,20-24H,13-17,19,25H2,1-4H3. The molecule has 1 aromatic heterocycles. The van der Waals surface area contributed by atoms with Crippen LogP contribution in [0.15, 0.2) is 85.1 Å². The minimum atomic E-state index is -0.130. The van der Waals surface area contributed by atoms with Gasteiger partial charge in [-0.05, 0) is 77.1 Å². The van der Waals surface area contributed by atoms with Gasteiger partial charge in [-0.15, -0.1) is 0 Å². The van der Waals surface area contributed by atoms with Crippen molar-refractivity contribution in [3.05, 3.63) is 124 Å². The predicted molar refractivity (Wildman–Crippen MR) is 186 cm³/mol. The van der Waals surface area contributed by atoms with Gasteiger partial charge in [-0.2, -0.15) is 0 Å². The second-order valence-electron chi connectivity index (χ2n) is 12.0. The molecule has 0 amide bonds. The maximum absolute atomic E-state index is 13.8. The van der Waals surface area contributed by atoms with Crippen molar-refractivity contribution in [1.82, 2.24) is 9.88 Å². The highest BCUT2D eigenvalue weighted by Crippen LogP contribution is 2.34. The second-order valence-corrected chi connectivity index (χ2v) is 12.0. The van der Waals surface area contributed by atoms with Crippen LogP contribution in [0.25, 0.3) is 10.9 Å². The molecule has 0 saturated carbocycles. The molecule has 1 aliphatic heterocycles. The fraction of sp³-hybridized carbons (Fsp3) is 0.275. The first-order valence-electron chi connectivity index (χ1n) is 16.1. The molecule has 8 heteroatoms. The van der Waals surface area contributed by atoms with Gasteiger partial charge in [0, 0.05) is 55.2 Å². The van der Waals surface area contributed by atoms with E-state index in [9.17, 15) is 9.59 Å². The molecule has 0 N–H and O–H groups in total. The van der Waals surface area contributed by atoms with Gasteiger partial charge in [-0.25, -0.2) is 0 Å². The minimum Gasteiger partial charge on any atom is -0.493 e. The van der Waals surface area contributed by atoms with E-state index in [1.807, 2.05) is 42.5 Å². The van der Waals surface area contributed by atoms with Gasteiger partial charge in [-0.1, -0.05) is 42.5 Å². The summed E-state index contributed by atoms with van der Waals surface area (Å²) in [6.07, 6.45) is 3.69. The molecule has 2 heterocycles. The van der Waals surface area contributed by atoms with Crippen molar-refractivity contribution < 1.29 is 28.5 Å². The summed E-state index contributed by atoms with van der Waals surface area (Å²) in [6.45, 7) is 2.79. The third-order valence-electron chi connectivity index (χ3n) is 9.07. The van der Waals surface area contributed by atoms with Crippen molar-refractivity contribution in [2.24, 2.45) is 0 Å². The van der Waals surface area contributed by atoms with Crippen LogP contribution in [0.5, 0.6) is 23.0 Å². The third-order valence-corrected chi connectivity index (χ3v) is 9.07. The van der Waals surface area contributed by atoms with Gasteiger partial charge in [0.2, 0.25) is 0 Å². The molecule has 0 spiro atoms. The van der Waals surface area contributed by atoms with Gasteiger partial charge in [0.25, 0.3) is 0 Å². The Labute approximate surface area is 281 Å². The van der Waals surface area contributed by atoms with Crippen LogP contribution in [-0.2, 0) is 32.2 Å². The number of para-hydroxylation sites is 1. The Balaban J connectivity index is 1.12. The summed E-state index contributed by atoms with van der Waals surface area (Å²) in [6, 6.07) is 25.3. The van der Waals surface area contributed by atoms with Crippen molar-refractivity contribution in [2.45, 2.75) is 32.2 Å². The maximum Gasteiger partial charge on any atom is 0.168 e. The lowest BCUT2D eigenvalue weighted by atomic mass is 9.93. The number of nitrogens with zero attached hydrogens (tertiary/aromatic N) is 2. The Morgan fingerprint density at radius 3 is 2.08 bits per heavy atom. The highest BCUT2D eigenvalue weighted by atomic mass is 16.5. The highest BCUT2D eigenvalue weighted by Gasteiger charge is 2.22. The first kappa shape index (κ1) is 32.7. The maximum atomic E-state index is 13.8. The first-order valence-corrected chi connectivity index (χ1v) is 16.1. The zero-order valence-electron chi connectivity index (χ0n) is 27.9. The van der Waals surface area contributed by atoms with E-state index >= 15 is 0 Å². The molecule has 8 nitrogen and oxygen atoms in total. The molecule has 48 heavy (non-hydrogen) atoms. The van der Waals surface area contributed by atoms with E-state index in [0.29, 0.717) is 28.2 Å². The molecule has 0 radical (unpaired) electrons. The minimum absolute atomic E-state index is 0.0295. The van der Waals surface area contributed by atoms with Gasteiger partial charge in [0.05, 0.1) is 34.0 Å². The first-order chi connectivity index (χ1) is 23.4. The number of hydrogen-bond acceptors (Lipinski definition) is 8. The number of pyridine rings is 1. The summed E-state index contributed by atoms with van der Waals surface area (Å²) in [7, 11) is 6.41. The van der Waals surface area contributed by atoms with Gasteiger partial charge >= 0.3 is 0 Å². The summed E-state index contributed by atoms with van der Waals surface area (Å²) in [5.74, 6) is 2.22.